The van der Waals surface area contributed by atoms with Crippen LogP contribution in [0.15, 0.2) is 59.6 Å². The number of nitrogens with two attached hydrogens (primary N) is 1. The summed E-state index contributed by atoms with van der Waals surface area (Å²) in [5.41, 5.74) is 9.42. The fourth-order valence-corrected chi connectivity index (χ4v) is 5.08. The van der Waals surface area contributed by atoms with E-state index >= 15 is 0 Å². The zero-order valence-corrected chi connectivity index (χ0v) is 21.7. The summed E-state index contributed by atoms with van der Waals surface area (Å²) in [7, 11) is -3.32. The molecule has 0 radical (unpaired) electrons. The van der Waals surface area contributed by atoms with Gasteiger partial charge in [-0.1, -0.05) is 24.3 Å². The van der Waals surface area contributed by atoms with Crippen LogP contribution in [0.25, 0.3) is 11.3 Å². The predicted molar refractivity (Wildman–Crippen MR) is 141 cm³/mol. The molecule has 0 aliphatic carbocycles. The van der Waals surface area contributed by atoms with Crippen molar-refractivity contribution in [2.24, 2.45) is 0 Å². The lowest BCUT2D eigenvalue weighted by Crippen LogP contribution is -2.38. The molecule has 1 aliphatic rings. The lowest BCUT2D eigenvalue weighted by Gasteiger charge is -2.26. The maximum atomic E-state index is 12.4. The van der Waals surface area contributed by atoms with Crippen molar-refractivity contribution in [2.75, 3.05) is 45.2 Å². The molecule has 9 heteroatoms. The molecule has 1 aliphatic heterocycles. The van der Waals surface area contributed by atoms with E-state index in [-0.39, 0.29) is 0 Å². The van der Waals surface area contributed by atoms with Crippen LogP contribution in [-0.4, -0.2) is 68.0 Å². The van der Waals surface area contributed by atoms with Crippen LogP contribution in [0.4, 0.5) is 5.82 Å². The second-order valence-corrected chi connectivity index (χ2v) is 11.7. The number of benzene rings is 2. The van der Waals surface area contributed by atoms with Gasteiger partial charge in [0.25, 0.3) is 0 Å². The van der Waals surface area contributed by atoms with Gasteiger partial charge in [-0.25, -0.2) is 18.4 Å². The van der Waals surface area contributed by atoms with Gasteiger partial charge in [-0.05, 0) is 56.5 Å². The predicted octanol–water partition coefficient (Wildman–Crippen LogP) is 3.40. The van der Waals surface area contributed by atoms with E-state index < -0.39 is 15.1 Å². The number of sulfone groups is 1. The number of aryl methyl sites for hydroxylation is 2. The molecule has 3 aromatic rings. The van der Waals surface area contributed by atoms with E-state index in [2.05, 4.69) is 22.0 Å². The molecule has 2 heterocycles. The largest absolute Gasteiger partial charge is 0.492 e. The van der Waals surface area contributed by atoms with E-state index in [1.54, 1.807) is 44.3 Å². The first-order valence-electron chi connectivity index (χ1n) is 12.3. The third-order valence-corrected chi connectivity index (χ3v) is 8.48. The van der Waals surface area contributed by atoms with Gasteiger partial charge >= 0.3 is 0 Å². The Morgan fingerprint density at radius 2 is 1.83 bits per heavy atom. The normalized spacial score (nSPS) is 14.8. The van der Waals surface area contributed by atoms with Crippen molar-refractivity contribution in [1.82, 2.24) is 14.9 Å². The summed E-state index contributed by atoms with van der Waals surface area (Å²) in [4.78, 5) is 11.7. The molecule has 1 aromatic heterocycles. The lowest BCUT2D eigenvalue weighted by atomic mass is 10.1. The van der Waals surface area contributed by atoms with Gasteiger partial charge in [0.1, 0.15) is 18.2 Å². The van der Waals surface area contributed by atoms with Crippen LogP contribution in [0.3, 0.4) is 0 Å². The SMILES string of the molecule is CC(C)S(=O)(=O)c1ccc(-c2cnc(N)c(CCc3cccc(OCCN4CCOCC4)c3)n2)cc1. The fraction of sp³-hybridized carbons (Fsp3) is 0.407. The first-order valence-corrected chi connectivity index (χ1v) is 13.8. The van der Waals surface area contributed by atoms with E-state index in [0.29, 0.717) is 35.1 Å². The lowest BCUT2D eigenvalue weighted by molar-refractivity contribution is 0.0322. The Morgan fingerprint density at radius 3 is 2.56 bits per heavy atom. The Kier molecular flexibility index (Phi) is 8.56. The van der Waals surface area contributed by atoms with Gasteiger partial charge in [0.2, 0.25) is 0 Å². The highest BCUT2D eigenvalue weighted by molar-refractivity contribution is 7.92. The number of ether oxygens (including phenoxy) is 2. The van der Waals surface area contributed by atoms with Crippen molar-refractivity contribution < 1.29 is 17.9 Å². The minimum absolute atomic E-state index is 0.303. The van der Waals surface area contributed by atoms with Crippen molar-refractivity contribution in [3.8, 4) is 17.0 Å². The number of aromatic nitrogens is 2. The monoisotopic (exact) mass is 510 g/mol. The van der Waals surface area contributed by atoms with Crippen LogP contribution in [0.5, 0.6) is 5.75 Å². The summed E-state index contributed by atoms with van der Waals surface area (Å²) in [6.07, 6.45) is 2.99. The number of hydrogen-bond acceptors (Lipinski definition) is 8. The summed E-state index contributed by atoms with van der Waals surface area (Å²) in [6, 6.07) is 14.9. The Hall–Kier alpha value is -3.01. The van der Waals surface area contributed by atoms with Crippen LogP contribution in [0, 0.1) is 0 Å². The molecule has 8 nitrogen and oxygen atoms in total. The number of hydrogen-bond donors (Lipinski definition) is 1. The highest BCUT2D eigenvalue weighted by Gasteiger charge is 2.19. The first kappa shape index (κ1) is 26.1. The van der Waals surface area contributed by atoms with Gasteiger partial charge < -0.3 is 15.2 Å². The molecule has 36 heavy (non-hydrogen) atoms. The minimum atomic E-state index is -3.32. The van der Waals surface area contributed by atoms with E-state index in [4.69, 9.17) is 20.2 Å². The van der Waals surface area contributed by atoms with Crippen molar-refractivity contribution in [3.63, 3.8) is 0 Å². The van der Waals surface area contributed by atoms with E-state index in [1.165, 1.54) is 0 Å². The molecular formula is C27H34N4O4S. The summed E-state index contributed by atoms with van der Waals surface area (Å²) < 4.78 is 36.1. The third kappa shape index (κ3) is 6.60. The highest BCUT2D eigenvalue weighted by atomic mass is 32.2. The third-order valence-electron chi connectivity index (χ3n) is 6.31. The maximum Gasteiger partial charge on any atom is 0.180 e. The summed E-state index contributed by atoms with van der Waals surface area (Å²) in [5, 5.41) is -0.472. The first-order chi connectivity index (χ1) is 17.3. The van der Waals surface area contributed by atoms with Crippen molar-refractivity contribution >= 4 is 15.7 Å². The zero-order valence-electron chi connectivity index (χ0n) is 20.9. The highest BCUT2D eigenvalue weighted by Crippen LogP contribution is 2.23. The number of anilines is 1. The number of rotatable bonds is 10. The molecule has 0 spiro atoms. The smallest absolute Gasteiger partial charge is 0.180 e. The van der Waals surface area contributed by atoms with Crippen LogP contribution in [-0.2, 0) is 27.4 Å². The van der Waals surface area contributed by atoms with Gasteiger partial charge in [-0.15, -0.1) is 0 Å². The molecule has 1 saturated heterocycles. The number of morpholine rings is 1. The minimum Gasteiger partial charge on any atom is -0.492 e. The average molecular weight is 511 g/mol. The van der Waals surface area contributed by atoms with E-state index in [0.717, 1.165) is 56.1 Å². The summed E-state index contributed by atoms with van der Waals surface area (Å²) >= 11 is 0. The van der Waals surface area contributed by atoms with Gasteiger partial charge in [0.05, 0.1) is 40.9 Å². The van der Waals surface area contributed by atoms with Crippen LogP contribution in [0.2, 0.25) is 0 Å². The molecule has 2 aromatic carbocycles. The average Bonchev–Trinajstić information content (AvgIpc) is 2.89. The molecule has 1 fully saturated rings. The van der Waals surface area contributed by atoms with Crippen LogP contribution < -0.4 is 10.5 Å². The Bertz CT molecular complexity index is 1260. The molecule has 0 atom stereocenters. The standard InChI is InChI=1S/C27H34N4O4S/c1-20(2)36(32,33)24-9-7-22(8-10-24)26-19-29-27(28)25(30-26)11-6-21-4-3-5-23(18-21)35-17-14-31-12-15-34-16-13-31/h3-5,7-10,18-20H,6,11-17H2,1-2H3,(H2,28,29). The van der Waals surface area contributed by atoms with Crippen molar-refractivity contribution in [2.45, 2.75) is 36.8 Å². The zero-order chi connectivity index (χ0) is 25.5. The second-order valence-electron chi connectivity index (χ2n) is 9.16. The molecule has 4 rings (SSSR count). The molecule has 0 bridgehead atoms. The van der Waals surface area contributed by atoms with E-state index in [1.807, 2.05) is 12.1 Å². The quantitative estimate of drug-likeness (QED) is 0.442. The van der Waals surface area contributed by atoms with Crippen molar-refractivity contribution in [1.29, 1.82) is 0 Å². The molecule has 2 N–H and O–H groups in total. The van der Waals surface area contributed by atoms with Crippen molar-refractivity contribution in [3.05, 3.63) is 66.0 Å². The van der Waals surface area contributed by atoms with Gasteiger partial charge in [-0.2, -0.15) is 0 Å². The van der Waals surface area contributed by atoms with Crippen LogP contribution >= 0.6 is 0 Å². The Morgan fingerprint density at radius 1 is 1.08 bits per heavy atom. The summed E-state index contributed by atoms with van der Waals surface area (Å²) in [5.74, 6) is 1.25. The van der Waals surface area contributed by atoms with Gasteiger partial charge in [0, 0.05) is 25.2 Å². The maximum absolute atomic E-state index is 12.4. The molecular weight excluding hydrogens is 476 g/mol. The topological polar surface area (TPSA) is 108 Å². The number of nitrogen functional groups attached to an aromatic ring is 1. The molecule has 0 amide bonds. The molecule has 0 unspecified atom stereocenters. The summed E-state index contributed by atoms with van der Waals surface area (Å²) in [6.45, 7) is 8.35. The van der Waals surface area contributed by atoms with Gasteiger partial charge in [-0.3, -0.25) is 4.90 Å². The second kappa shape index (κ2) is 11.8. The molecule has 192 valence electrons. The Labute approximate surface area is 213 Å². The van der Waals surface area contributed by atoms with Gasteiger partial charge in [0.15, 0.2) is 9.84 Å². The van der Waals surface area contributed by atoms with Crippen LogP contribution in [0.1, 0.15) is 25.1 Å². The number of nitrogens with zero attached hydrogens (tertiary/aromatic N) is 3. The van der Waals surface area contributed by atoms with E-state index in [9.17, 15) is 8.42 Å². The Balaban J connectivity index is 1.38. The fourth-order valence-electron chi connectivity index (χ4n) is 4.02. The molecule has 0 saturated carbocycles.